The van der Waals surface area contributed by atoms with Crippen LogP contribution in [0.2, 0.25) is 10.0 Å². The van der Waals surface area contributed by atoms with Crippen molar-refractivity contribution in [2.24, 2.45) is 0 Å². The van der Waals surface area contributed by atoms with Gasteiger partial charge in [-0.15, -0.1) is 0 Å². The molecular formula is C17H10Cl2O4. The molecule has 1 heterocycles. The molecule has 4 nitrogen and oxygen atoms in total. The molecule has 0 aliphatic heterocycles. The predicted molar refractivity (Wildman–Crippen MR) is 88.1 cm³/mol. The first kappa shape index (κ1) is 15.6. The van der Waals surface area contributed by atoms with Gasteiger partial charge in [-0.2, -0.15) is 0 Å². The second-order valence-corrected chi connectivity index (χ2v) is 5.56. The molecule has 23 heavy (non-hydrogen) atoms. The van der Waals surface area contributed by atoms with Crippen LogP contribution < -0.4 is 5.43 Å². The normalized spacial score (nSPS) is 10.7. The van der Waals surface area contributed by atoms with Crippen molar-refractivity contribution in [2.45, 2.75) is 6.61 Å². The number of hydrogen-bond acceptors (Lipinski definition) is 4. The number of para-hydroxylation sites is 1. The summed E-state index contributed by atoms with van der Waals surface area (Å²) in [6.07, 6.45) is 0. The summed E-state index contributed by atoms with van der Waals surface area (Å²) in [5.74, 6) is -0.930. The van der Waals surface area contributed by atoms with Crippen molar-refractivity contribution in [1.29, 1.82) is 0 Å². The van der Waals surface area contributed by atoms with Crippen molar-refractivity contribution >= 4 is 40.1 Å². The van der Waals surface area contributed by atoms with Crippen molar-refractivity contribution < 1.29 is 13.9 Å². The van der Waals surface area contributed by atoms with Gasteiger partial charge >= 0.3 is 5.97 Å². The number of esters is 1. The van der Waals surface area contributed by atoms with Crippen LogP contribution in [0.3, 0.4) is 0 Å². The minimum absolute atomic E-state index is 0.117. The van der Waals surface area contributed by atoms with Crippen molar-refractivity contribution in [2.75, 3.05) is 0 Å². The van der Waals surface area contributed by atoms with Gasteiger partial charge in [0.1, 0.15) is 12.2 Å². The number of rotatable bonds is 3. The Kier molecular flexibility index (Phi) is 4.37. The van der Waals surface area contributed by atoms with E-state index in [0.29, 0.717) is 26.6 Å². The largest absolute Gasteiger partial charge is 0.455 e. The smallest absolute Gasteiger partial charge is 0.374 e. The molecule has 0 fully saturated rings. The maximum atomic E-state index is 12.1. The van der Waals surface area contributed by atoms with E-state index in [1.165, 1.54) is 0 Å². The van der Waals surface area contributed by atoms with Crippen molar-refractivity contribution in [3.8, 4) is 0 Å². The maximum Gasteiger partial charge on any atom is 0.374 e. The van der Waals surface area contributed by atoms with E-state index in [9.17, 15) is 9.59 Å². The molecule has 2 aromatic carbocycles. The molecule has 0 unspecified atom stereocenters. The zero-order valence-electron chi connectivity index (χ0n) is 11.7. The van der Waals surface area contributed by atoms with Crippen LogP contribution in [0.5, 0.6) is 0 Å². The standard InChI is InChI=1S/C17H10Cl2O4/c18-12-5-3-6-13(19)11(12)9-22-17(21)16-8-14(20)10-4-1-2-7-15(10)23-16/h1-8H,9H2. The lowest BCUT2D eigenvalue weighted by atomic mass is 10.2. The molecule has 0 saturated carbocycles. The summed E-state index contributed by atoms with van der Waals surface area (Å²) in [6, 6.07) is 12.8. The molecule has 0 bridgehead atoms. The Hall–Kier alpha value is -2.30. The zero-order valence-corrected chi connectivity index (χ0v) is 13.2. The third-order valence-corrected chi connectivity index (χ3v) is 3.95. The first-order chi connectivity index (χ1) is 11.1. The highest BCUT2D eigenvalue weighted by Crippen LogP contribution is 2.25. The third-order valence-electron chi connectivity index (χ3n) is 3.25. The van der Waals surface area contributed by atoms with E-state index in [1.807, 2.05) is 0 Å². The van der Waals surface area contributed by atoms with E-state index < -0.39 is 5.97 Å². The lowest BCUT2D eigenvalue weighted by Crippen LogP contribution is -2.10. The summed E-state index contributed by atoms with van der Waals surface area (Å²) in [5, 5.41) is 1.19. The highest BCUT2D eigenvalue weighted by molar-refractivity contribution is 6.35. The van der Waals surface area contributed by atoms with E-state index in [2.05, 4.69) is 0 Å². The van der Waals surface area contributed by atoms with Crippen molar-refractivity contribution in [1.82, 2.24) is 0 Å². The fraction of sp³-hybridized carbons (Fsp3) is 0.0588. The second kappa shape index (κ2) is 6.44. The highest BCUT2D eigenvalue weighted by Gasteiger charge is 2.15. The van der Waals surface area contributed by atoms with Crippen LogP contribution >= 0.6 is 23.2 Å². The fourth-order valence-corrected chi connectivity index (χ4v) is 2.59. The Balaban J connectivity index is 1.85. The molecule has 0 atom stereocenters. The van der Waals surface area contributed by atoms with E-state index in [0.717, 1.165) is 6.07 Å². The van der Waals surface area contributed by atoms with Gasteiger partial charge in [0.25, 0.3) is 0 Å². The van der Waals surface area contributed by atoms with Gasteiger partial charge < -0.3 is 9.15 Å². The van der Waals surface area contributed by atoms with Crippen LogP contribution in [0.15, 0.2) is 57.7 Å². The minimum Gasteiger partial charge on any atom is -0.455 e. The summed E-state index contributed by atoms with van der Waals surface area (Å²) in [6.45, 7) is -0.117. The van der Waals surface area contributed by atoms with E-state index in [4.69, 9.17) is 32.4 Å². The molecule has 0 spiro atoms. The lowest BCUT2D eigenvalue weighted by molar-refractivity contribution is 0.0437. The molecule has 0 aliphatic rings. The molecule has 3 aromatic rings. The van der Waals surface area contributed by atoms with Crippen LogP contribution in [-0.2, 0) is 11.3 Å². The van der Waals surface area contributed by atoms with Gasteiger partial charge in [-0.1, -0.05) is 41.4 Å². The average molecular weight is 349 g/mol. The Labute approximate surface area is 141 Å². The number of fused-ring (bicyclic) bond motifs is 1. The molecule has 0 saturated heterocycles. The molecular weight excluding hydrogens is 339 g/mol. The third kappa shape index (κ3) is 3.23. The quantitative estimate of drug-likeness (QED) is 0.655. The van der Waals surface area contributed by atoms with Gasteiger partial charge in [-0.05, 0) is 24.3 Å². The molecule has 0 radical (unpaired) electrons. The van der Waals surface area contributed by atoms with Gasteiger partial charge in [0.05, 0.1) is 5.39 Å². The summed E-state index contributed by atoms with van der Waals surface area (Å²) in [5.41, 5.74) is 0.504. The molecule has 116 valence electrons. The Morgan fingerprint density at radius 3 is 2.48 bits per heavy atom. The number of ether oxygens (including phenoxy) is 1. The van der Waals surface area contributed by atoms with Crippen molar-refractivity contribution in [3.63, 3.8) is 0 Å². The van der Waals surface area contributed by atoms with E-state index in [1.54, 1.807) is 42.5 Å². The predicted octanol–water partition coefficient (Wildman–Crippen LogP) is 4.46. The Bertz CT molecular complexity index is 926. The SMILES string of the molecule is O=C(OCc1c(Cl)cccc1Cl)c1cc(=O)c2ccccc2o1. The summed E-state index contributed by atoms with van der Waals surface area (Å²) in [4.78, 5) is 24.1. The average Bonchev–Trinajstić information content (AvgIpc) is 2.54. The topological polar surface area (TPSA) is 56.5 Å². The van der Waals surface area contributed by atoms with Crippen LogP contribution in [0.4, 0.5) is 0 Å². The molecule has 6 heteroatoms. The fourth-order valence-electron chi connectivity index (χ4n) is 2.08. The Morgan fingerprint density at radius 1 is 1.04 bits per heavy atom. The summed E-state index contributed by atoms with van der Waals surface area (Å²) < 4.78 is 10.6. The van der Waals surface area contributed by atoms with Crippen molar-refractivity contribution in [3.05, 3.63) is 80.1 Å². The first-order valence-electron chi connectivity index (χ1n) is 6.69. The van der Waals surface area contributed by atoms with E-state index >= 15 is 0 Å². The minimum atomic E-state index is -0.760. The van der Waals surface area contributed by atoms with Gasteiger partial charge in [-0.3, -0.25) is 4.79 Å². The lowest BCUT2D eigenvalue weighted by Gasteiger charge is -2.08. The summed E-state index contributed by atoms with van der Waals surface area (Å²) in [7, 11) is 0. The van der Waals surface area contributed by atoms with Crippen LogP contribution in [0.25, 0.3) is 11.0 Å². The zero-order chi connectivity index (χ0) is 16.4. The van der Waals surface area contributed by atoms with Gasteiger partial charge in [0, 0.05) is 21.7 Å². The monoisotopic (exact) mass is 348 g/mol. The van der Waals surface area contributed by atoms with Crippen LogP contribution in [0.1, 0.15) is 16.1 Å². The molecule has 1 aromatic heterocycles. The highest BCUT2D eigenvalue weighted by atomic mass is 35.5. The molecule has 3 rings (SSSR count). The molecule has 0 aliphatic carbocycles. The maximum absolute atomic E-state index is 12.1. The van der Waals surface area contributed by atoms with Gasteiger partial charge in [-0.25, -0.2) is 4.79 Å². The molecule has 0 N–H and O–H groups in total. The number of carbonyl (C=O) groups is 1. The van der Waals surface area contributed by atoms with Gasteiger partial charge in [0.15, 0.2) is 5.43 Å². The summed E-state index contributed by atoms with van der Waals surface area (Å²) >= 11 is 12.0. The number of hydrogen-bond donors (Lipinski definition) is 0. The van der Waals surface area contributed by atoms with Crippen LogP contribution in [-0.4, -0.2) is 5.97 Å². The molecule has 0 amide bonds. The number of carbonyl (C=O) groups excluding carboxylic acids is 1. The first-order valence-corrected chi connectivity index (χ1v) is 7.45. The van der Waals surface area contributed by atoms with E-state index in [-0.39, 0.29) is 17.8 Å². The number of benzene rings is 2. The second-order valence-electron chi connectivity index (χ2n) is 4.75. The Morgan fingerprint density at radius 2 is 1.74 bits per heavy atom. The van der Waals surface area contributed by atoms with Crippen LogP contribution in [0, 0.1) is 0 Å². The van der Waals surface area contributed by atoms with Gasteiger partial charge in [0.2, 0.25) is 5.76 Å². The number of halogens is 2.